The van der Waals surface area contributed by atoms with E-state index in [1.54, 1.807) is 11.6 Å². The summed E-state index contributed by atoms with van der Waals surface area (Å²) in [6, 6.07) is 5.17. The number of carbonyl (C=O) groups excluding carboxylic acids is 1. The maximum atomic E-state index is 12.6. The van der Waals surface area contributed by atoms with Crippen molar-refractivity contribution < 1.29 is 9.18 Å². The number of hydrazine groups is 1. The molecule has 0 saturated carbocycles. The van der Waals surface area contributed by atoms with Crippen molar-refractivity contribution in [1.29, 1.82) is 0 Å². The molecule has 0 atom stereocenters. The van der Waals surface area contributed by atoms with E-state index in [4.69, 9.17) is 0 Å². The number of anilines is 2. The van der Waals surface area contributed by atoms with Gasteiger partial charge in [-0.25, -0.2) is 14.2 Å². The monoisotopic (exact) mass is 252 g/mol. The normalized spacial score (nSPS) is 9.71. The fourth-order valence-corrected chi connectivity index (χ4v) is 1.60. The third-order valence-electron chi connectivity index (χ3n) is 1.82. The number of rotatable bonds is 3. The Morgan fingerprint density at radius 2 is 2.06 bits per heavy atom. The summed E-state index contributed by atoms with van der Waals surface area (Å²) in [6.07, 6.45) is 1.59. The van der Waals surface area contributed by atoms with Crippen LogP contribution in [-0.2, 0) is 0 Å². The highest BCUT2D eigenvalue weighted by molar-refractivity contribution is 7.13. The summed E-state index contributed by atoms with van der Waals surface area (Å²) in [4.78, 5) is 15.3. The maximum Gasteiger partial charge on any atom is 0.339 e. The van der Waals surface area contributed by atoms with Gasteiger partial charge in [-0.15, -0.1) is 11.3 Å². The molecule has 0 fully saturated rings. The van der Waals surface area contributed by atoms with E-state index in [9.17, 15) is 9.18 Å². The molecule has 5 nitrogen and oxygen atoms in total. The molecule has 0 radical (unpaired) electrons. The lowest BCUT2D eigenvalue weighted by molar-refractivity contribution is 0.254. The highest BCUT2D eigenvalue weighted by Crippen LogP contribution is 2.10. The summed E-state index contributed by atoms with van der Waals surface area (Å²) in [5, 5.41) is 4.78. The Bertz CT molecular complexity index is 486. The van der Waals surface area contributed by atoms with Crippen LogP contribution in [0, 0.1) is 5.82 Å². The minimum absolute atomic E-state index is 0.331. The van der Waals surface area contributed by atoms with Crippen LogP contribution in [0.25, 0.3) is 0 Å². The summed E-state index contributed by atoms with van der Waals surface area (Å²) in [7, 11) is 0. The fraction of sp³-hybridized carbons (Fsp3) is 0. The largest absolute Gasteiger partial charge is 0.339 e. The van der Waals surface area contributed by atoms with Gasteiger partial charge >= 0.3 is 6.03 Å². The topological polar surface area (TPSA) is 66.1 Å². The number of thiazole rings is 1. The molecule has 2 aromatic rings. The van der Waals surface area contributed by atoms with Crippen molar-refractivity contribution in [2.45, 2.75) is 0 Å². The van der Waals surface area contributed by atoms with Gasteiger partial charge in [-0.1, -0.05) is 0 Å². The van der Waals surface area contributed by atoms with Crippen LogP contribution in [0.4, 0.5) is 20.0 Å². The molecule has 0 unspecified atom stereocenters. The molecule has 0 saturated heterocycles. The second-order valence-electron chi connectivity index (χ2n) is 3.05. The van der Waals surface area contributed by atoms with Crippen LogP contribution >= 0.6 is 11.3 Å². The maximum absolute atomic E-state index is 12.6. The average molecular weight is 252 g/mol. The van der Waals surface area contributed by atoms with E-state index in [0.717, 1.165) is 0 Å². The van der Waals surface area contributed by atoms with E-state index >= 15 is 0 Å². The molecule has 88 valence electrons. The number of hydrogen-bond acceptors (Lipinski definition) is 4. The van der Waals surface area contributed by atoms with Crippen molar-refractivity contribution in [2.24, 2.45) is 0 Å². The standard InChI is InChI=1S/C10H9FN4OS/c11-7-1-3-8(4-2-7)14-15-9(16)13-10-12-5-6-17-10/h1-6,14H,(H2,12,13,15,16). The van der Waals surface area contributed by atoms with Crippen molar-refractivity contribution in [1.82, 2.24) is 10.4 Å². The zero-order chi connectivity index (χ0) is 12.1. The zero-order valence-electron chi connectivity index (χ0n) is 8.61. The summed E-state index contributed by atoms with van der Waals surface area (Å²) >= 11 is 1.31. The van der Waals surface area contributed by atoms with E-state index in [2.05, 4.69) is 21.2 Å². The summed E-state index contributed by atoms with van der Waals surface area (Å²) in [5.41, 5.74) is 5.62. The minimum atomic E-state index is -0.440. The third kappa shape index (κ3) is 3.42. The molecule has 0 spiro atoms. The Labute approximate surface area is 101 Å². The van der Waals surface area contributed by atoms with Crippen LogP contribution < -0.4 is 16.2 Å². The zero-order valence-corrected chi connectivity index (χ0v) is 9.42. The Hall–Kier alpha value is -2.15. The number of carbonyl (C=O) groups is 1. The average Bonchev–Trinajstić information content (AvgIpc) is 2.81. The van der Waals surface area contributed by atoms with Crippen molar-refractivity contribution in [3.63, 3.8) is 0 Å². The van der Waals surface area contributed by atoms with Crippen LogP contribution in [0.1, 0.15) is 0 Å². The molecule has 1 heterocycles. The van der Waals surface area contributed by atoms with Gasteiger partial charge in [0.2, 0.25) is 0 Å². The summed E-state index contributed by atoms with van der Waals surface area (Å²) in [5.74, 6) is -0.331. The molecule has 1 aromatic heterocycles. The van der Waals surface area contributed by atoms with Crippen molar-refractivity contribution >= 4 is 28.2 Å². The lowest BCUT2D eigenvalue weighted by Gasteiger charge is -2.08. The fourth-order valence-electron chi connectivity index (χ4n) is 1.08. The Morgan fingerprint density at radius 1 is 1.29 bits per heavy atom. The van der Waals surface area contributed by atoms with Crippen molar-refractivity contribution in [3.05, 3.63) is 41.7 Å². The number of hydrogen-bond donors (Lipinski definition) is 3. The first kappa shape index (κ1) is 11.3. The molecular formula is C10H9FN4OS. The first-order chi connectivity index (χ1) is 8.24. The summed E-state index contributed by atoms with van der Waals surface area (Å²) < 4.78 is 12.6. The number of benzene rings is 1. The van der Waals surface area contributed by atoms with E-state index in [0.29, 0.717) is 10.8 Å². The molecule has 0 aliphatic heterocycles. The predicted octanol–water partition coefficient (Wildman–Crippen LogP) is 2.43. The highest BCUT2D eigenvalue weighted by Gasteiger charge is 2.02. The van der Waals surface area contributed by atoms with Gasteiger partial charge in [0.15, 0.2) is 5.13 Å². The molecule has 0 aliphatic rings. The van der Waals surface area contributed by atoms with E-state index in [1.807, 2.05) is 0 Å². The SMILES string of the molecule is O=C(NNc1ccc(F)cc1)Nc1nccs1. The molecule has 2 amide bonds. The molecule has 17 heavy (non-hydrogen) atoms. The molecule has 2 rings (SSSR count). The summed E-state index contributed by atoms with van der Waals surface area (Å²) in [6.45, 7) is 0. The van der Waals surface area contributed by atoms with Gasteiger partial charge in [0.25, 0.3) is 0 Å². The molecule has 0 aliphatic carbocycles. The van der Waals surface area contributed by atoms with E-state index in [-0.39, 0.29) is 5.82 Å². The van der Waals surface area contributed by atoms with Crippen LogP contribution in [0.2, 0.25) is 0 Å². The van der Waals surface area contributed by atoms with Gasteiger partial charge in [0.05, 0.1) is 5.69 Å². The number of urea groups is 1. The molecule has 1 aromatic carbocycles. The Balaban J connectivity index is 1.82. The Kier molecular flexibility index (Phi) is 3.51. The van der Waals surface area contributed by atoms with Crippen LogP contribution in [-0.4, -0.2) is 11.0 Å². The number of halogens is 1. The van der Waals surface area contributed by atoms with Crippen molar-refractivity contribution in [2.75, 3.05) is 10.7 Å². The van der Waals surface area contributed by atoms with Crippen LogP contribution in [0.15, 0.2) is 35.8 Å². The van der Waals surface area contributed by atoms with Gasteiger partial charge in [-0.3, -0.25) is 16.2 Å². The number of amides is 2. The number of nitrogens with one attached hydrogen (secondary N) is 3. The molecule has 7 heteroatoms. The van der Waals surface area contributed by atoms with Gasteiger partial charge in [0, 0.05) is 11.6 Å². The number of nitrogens with zero attached hydrogens (tertiary/aromatic N) is 1. The Morgan fingerprint density at radius 3 is 2.71 bits per heavy atom. The van der Waals surface area contributed by atoms with E-state index in [1.165, 1.54) is 35.6 Å². The smallest absolute Gasteiger partial charge is 0.297 e. The molecule has 3 N–H and O–H groups in total. The van der Waals surface area contributed by atoms with Crippen LogP contribution in [0.5, 0.6) is 0 Å². The molecular weight excluding hydrogens is 243 g/mol. The number of aromatic nitrogens is 1. The predicted molar refractivity (Wildman–Crippen MR) is 64.3 cm³/mol. The highest BCUT2D eigenvalue weighted by atomic mass is 32.1. The van der Waals surface area contributed by atoms with Crippen LogP contribution in [0.3, 0.4) is 0 Å². The molecule has 0 bridgehead atoms. The van der Waals surface area contributed by atoms with E-state index < -0.39 is 6.03 Å². The first-order valence-corrected chi connectivity index (χ1v) is 5.60. The minimum Gasteiger partial charge on any atom is -0.297 e. The second kappa shape index (κ2) is 5.26. The van der Waals surface area contributed by atoms with Crippen molar-refractivity contribution in [3.8, 4) is 0 Å². The van der Waals surface area contributed by atoms with Gasteiger partial charge in [0.1, 0.15) is 5.82 Å². The second-order valence-corrected chi connectivity index (χ2v) is 3.94. The first-order valence-electron chi connectivity index (χ1n) is 4.72. The lowest BCUT2D eigenvalue weighted by atomic mass is 10.3. The van der Waals surface area contributed by atoms with Gasteiger partial charge in [-0.05, 0) is 24.3 Å². The van der Waals surface area contributed by atoms with Gasteiger partial charge < -0.3 is 0 Å². The third-order valence-corrected chi connectivity index (χ3v) is 2.51. The lowest BCUT2D eigenvalue weighted by Crippen LogP contribution is -2.33. The van der Waals surface area contributed by atoms with Gasteiger partial charge in [-0.2, -0.15) is 0 Å². The quantitative estimate of drug-likeness (QED) is 0.735.